The van der Waals surface area contributed by atoms with Crippen LogP contribution in [0.25, 0.3) is 0 Å². The Bertz CT molecular complexity index is 677. The van der Waals surface area contributed by atoms with Crippen LogP contribution in [0.1, 0.15) is 37.2 Å². The fraction of sp³-hybridized carbons (Fsp3) is 0.471. The molecule has 1 heterocycles. The van der Waals surface area contributed by atoms with Crippen molar-refractivity contribution in [3.05, 3.63) is 28.2 Å². The number of nitrogens with one attached hydrogen (secondary N) is 1. The van der Waals surface area contributed by atoms with Gasteiger partial charge in [-0.25, -0.2) is 0 Å². The monoisotopic (exact) mass is 376 g/mol. The first-order valence-electron chi connectivity index (χ1n) is 7.76. The zero-order valence-electron chi connectivity index (χ0n) is 12.5. The molecule has 5 nitrogen and oxygen atoms in total. The lowest BCUT2D eigenvalue weighted by atomic mass is 9.88. The number of nitrogens with zero attached hydrogens (tertiary/aromatic N) is 1. The van der Waals surface area contributed by atoms with Crippen molar-refractivity contribution in [3.63, 3.8) is 0 Å². The molecule has 6 heteroatoms. The van der Waals surface area contributed by atoms with E-state index in [0.29, 0.717) is 5.75 Å². The third-order valence-electron chi connectivity index (χ3n) is 4.47. The van der Waals surface area contributed by atoms with E-state index in [1.807, 2.05) is 18.2 Å². The van der Waals surface area contributed by atoms with Crippen LogP contribution in [0.15, 0.2) is 22.7 Å². The van der Waals surface area contributed by atoms with Crippen molar-refractivity contribution >= 4 is 27.6 Å². The molecule has 0 unspecified atom stereocenters. The quantitative estimate of drug-likeness (QED) is 0.819. The Balaban J connectivity index is 1.75. The summed E-state index contributed by atoms with van der Waals surface area (Å²) >= 11 is 3.37. The van der Waals surface area contributed by atoms with Crippen LogP contribution in [0.3, 0.4) is 0 Å². The maximum Gasteiger partial charge on any atom is 0.245 e. The number of halogens is 1. The molecule has 2 atom stereocenters. The van der Waals surface area contributed by atoms with E-state index >= 15 is 0 Å². The molecule has 1 fully saturated rings. The topological polar surface area (TPSA) is 79.2 Å². The molecule has 120 valence electrons. The van der Waals surface area contributed by atoms with E-state index in [-0.39, 0.29) is 18.4 Å². The molecule has 1 aromatic carbocycles. The van der Waals surface area contributed by atoms with Crippen molar-refractivity contribution in [2.45, 2.75) is 37.6 Å². The van der Waals surface area contributed by atoms with Gasteiger partial charge in [-0.15, -0.1) is 0 Å². The number of carbonyl (C=O) groups excluding carboxylic acids is 2. The summed E-state index contributed by atoms with van der Waals surface area (Å²) in [5, 5.41) is 12.2. The molecule has 2 aliphatic rings. The first-order chi connectivity index (χ1) is 11.1. The van der Waals surface area contributed by atoms with Crippen molar-refractivity contribution in [2.24, 2.45) is 5.92 Å². The van der Waals surface area contributed by atoms with Crippen LogP contribution in [0.5, 0.6) is 5.75 Å². The normalized spacial score (nSPS) is 21.1. The summed E-state index contributed by atoms with van der Waals surface area (Å²) in [6.45, 7) is 0.180. The molecule has 0 saturated heterocycles. The number of rotatable bonds is 4. The molecule has 1 aromatic rings. The summed E-state index contributed by atoms with van der Waals surface area (Å²) in [7, 11) is 0. The second-order valence-corrected chi connectivity index (χ2v) is 6.92. The number of hydrogen-bond acceptors (Lipinski definition) is 4. The molecule has 1 saturated carbocycles. The zero-order chi connectivity index (χ0) is 16.4. The molecule has 0 aromatic heterocycles. The van der Waals surface area contributed by atoms with Crippen LogP contribution in [-0.2, 0) is 9.59 Å². The summed E-state index contributed by atoms with van der Waals surface area (Å²) < 4.78 is 6.35. The highest BCUT2D eigenvalue weighted by Gasteiger charge is 2.38. The van der Waals surface area contributed by atoms with Gasteiger partial charge < -0.3 is 10.1 Å². The highest BCUT2D eigenvalue weighted by molar-refractivity contribution is 9.10. The van der Waals surface area contributed by atoms with Crippen molar-refractivity contribution in [3.8, 4) is 11.8 Å². The largest absolute Gasteiger partial charge is 0.492 e. The fourth-order valence-corrected chi connectivity index (χ4v) is 3.61. The Morgan fingerprint density at radius 1 is 1.35 bits per heavy atom. The van der Waals surface area contributed by atoms with Crippen LogP contribution < -0.4 is 10.1 Å². The fourth-order valence-electron chi connectivity index (χ4n) is 3.23. The predicted molar refractivity (Wildman–Crippen MR) is 86.9 cm³/mol. The second-order valence-electron chi connectivity index (χ2n) is 6.00. The Kier molecular flexibility index (Phi) is 4.67. The first kappa shape index (κ1) is 16.0. The maximum atomic E-state index is 12.7. The van der Waals surface area contributed by atoms with Crippen molar-refractivity contribution in [1.29, 1.82) is 5.26 Å². The van der Waals surface area contributed by atoms with Gasteiger partial charge in [-0.1, -0.05) is 28.8 Å². The van der Waals surface area contributed by atoms with Crippen molar-refractivity contribution < 1.29 is 14.3 Å². The van der Waals surface area contributed by atoms with Crippen molar-refractivity contribution in [2.75, 3.05) is 6.61 Å². The van der Waals surface area contributed by atoms with Gasteiger partial charge in [0.15, 0.2) is 11.7 Å². The summed E-state index contributed by atoms with van der Waals surface area (Å²) in [5.74, 6) is -2.08. The van der Waals surface area contributed by atoms with Gasteiger partial charge in [0.1, 0.15) is 12.4 Å². The van der Waals surface area contributed by atoms with E-state index in [1.54, 1.807) is 6.07 Å². The average Bonchev–Trinajstić information content (AvgIpc) is 3.16. The predicted octanol–water partition coefficient (Wildman–Crippen LogP) is 2.69. The van der Waals surface area contributed by atoms with E-state index in [4.69, 9.17) is 4.74 Å². The summed E-state index contributed by atoms with van der Waals surface area (Å²) in [4.78, 5) is 25.0. The lowest BCUT2D eigenvalue weighted by molar-refractivity contribution is -0.133. The number of benzene rings is 1. The molecule has 3 rings (SSSR count). The third kappa shape index (κ3) is 3.25. The van der Waals surface area contributed by atoms with E-state index in [1.165, 1.54) is 0 Å². The van der Waals surface area contributed by atoms with Gasteiger partial charge >= 0.3 is 0 Å². The molecule has 1 N–H and O–H groups in total. The van der Waals surface area contributed by atoms with E-state index < -0.39 is 17.7 Å². The number of carbonyl (C=O) groups is 2. The summed E-state index contributed by atoms with van der Waals surface area (Å²) in [5.41, 5.74) is 0.735. The molecule has 0 radical (unpaired) electrons. The van der Waals surface area contributed by atoms with Crippen molar-refractivity contribution in [1.82, 2.24) is 5.32 Å². The Morgan fingerprint density at radius 2 is 2.09 bits per heavy atom. The minimum Gasteiger partial charge on any atom is -0.492 e. The number of Topliss-reactive ketones (excluding diaryl/α,β-unsaturated/α-hetero) is 1. The van der Waals surface area contributed by atoms with Gasteiger partial charge in [0.05, 0.1) is 12.0 Å². The Labute approximate surface area is 143 Å². The van der Waals surface area contributed by atoms with E-state index in [2.05, 4.69) is 21.2 Å². The molecule has 1 aliphatic heterocycles. The molecular formula is C17H17BrN2O3. The number of ether oxygens (including phenoxy) is 1. The lowest BCUT2D eigenvalue weighted by Gasteiger charge is -2.16. The standard InChI is InChI=1S/C17H17BrN2O3/c18-10-5-6-15-12(7-10)14(9-23-15)16(21)13(8-19)17(22)20-11-3-1-2-4-11/h5-7,11,13-14H,1-4,9H2,(H,20,22)/t13-,14-/m0/s1. The van der Waals surface area contributed by atoms with E-state index in [0.717, 1.165) is 35.7 Å². The highest BCUT2D eigenvalue weighted by Crippen LogP contribution is 2.37. The SMILES string of the molecule is N#C[C@H](C(=O)NC1CCCC1)C(=O)[C@H]1COc2ccc(Br)cc21. The summed E-state index contributed by atoms with van der Waals surface area (Å²) in [6.07, 6.45) is 3.99. The Morgan fingerprint density at radius 3 is 2.78 bits per heavy atom. The van der Waals surface area contributed by atoms with Crippen LogP contribution in [0, 0.1) is 17.2 Å². The molecule has 23 heavy (non-hydrogen) atoms. The number of fused-ring (bicyclic) bond motifs is 1. The number of hydrogen-bond donors (Lipinski definition) is 1. The van der Waals surface area contributed by atoms with Gasteiger partial charge in [-0.3, -0.25) is 9.59 Å². The zero-order valence-corrected chi connectivity index (χ0v) is 14.1. The summed E-state index contributed by atoms with van der Waals surface area (Å²) in [6, 6.07) is 7.39. The molecule has 1 amide bonds. The third-order valence-corrected chi connectivity index (χ3v) is 4.97. The average molecular weight is 377 g/mol. The second kappa shape index (κ2) is 6.71. The Hall–Kier alpha value is -1.87. The molecular weight excluding hydrogens is 360 g/mol. The van der Waals surface area contributed by atoms with Gasteiger partial charge in [0, 0.05) is 16.1 Å². The lowest BCUT2D eigenvalue weighted by Crippen LogP contribution is -2.41. The van der Waals surface area contributed by atoms with Gasteiger partial charge in [-0.2, -0.15) is 5.26 Å². The number of nitriles is 1. The molecule has 0 spiro atoms. The van der Waals surface area contributed by atoms with Crippen LogP contribution >= 0.6 is 15.9 Å². The number of ketones is 1. The van der Waals surface area contributed by atoms with Crippen LogP contribution in [0.2, 0.25) is 0 Å². The minimum atomic E-state index is -1.28. The molecule has 1 aliphatic carbocycles. The smallest absolute Gasteiger partial charge is 0.245 e. The maximum absolute atomic E-state index is 12.7. The first-order valence-corrected chi connectivity index (χ1v) is 8.55. The van der Waals surface area contributed by atoms with Gasteiger partial charge in [0.25, 0.3) is 0 Å². The van der Waals surface area contributed by atoms with Crippen LogP contribution in [-0.4, -0.2) is 24.3 Å². The van der Waals surface area contributed by atoms with Crippen LogP contribution in [0.4, 0.5) is 0 Å². The molecule has 0 bridgehead atoms. The van der Waals surface area contributed by atoms with Gasteiger partial charge in [0.2, 0.25) is 5.91 Å². The van der Waals surface area contributed by atoms with Gasteiger partial charge in [-0.05, 0) is 31.0 Å². The minimum absolute atomic E-state index is 0.0902. The van der Waals surface area contributed by atoms with E-state index in [9.17, 15) is 14.9 Å². The number of amides is 1. The highest BCUT2D eigenvalue weighted by atomic mass is 79.9.